The first-order valence-electron chi connectivity index (χ1n) is 5.96. The summed E-state index contributed by atoms with van der Waals surface area (Å²) in [5.74, 6) is -0.295. The molecule has 0 amide bonds. The normalized spacial score (nSPS) is 12.0. The van der Waals surface area contributed by atoms with Gasteiger partial charge in [-0.25, -0.2) is 4.79 Å². The molecule has 0 aliphatic heterocycles. The smallest absolute Gasteiger partial charge is 0.300 e. The van der Waals surface area contributed by atoms with Crippen LogP contribution >= 0.6 is 0 Å². The lowest BCUT2D eigenvalue weighted by Gasteiger charge is -2.09. The van der Waals surface area contributed by atoms with Gasteiger partial charge in [0.15, 0.2) is 0 Å². The minimum Gasteiger partial charge on any atom is -0.300 e. The summed E-state index contributed by atoms with van der Waals surface area (Å²) in [5, 5.41) is 9.22. The molecule has 0 fully saturated rings. The Morgan fingerprint density at radius 3 is 2.44 bits per heavy atom. The maximum absolute atomic E-state index is 11.9. The van der Waals surface area contributed by atoms with Crippen LogP contribution < -0.4 is 5.69 Å². The van der Waals surface area contributed by atoms with Crippen molar-refractivity contribution in [1.29, 1.82) is 5.26 Å². The van der Waals surface area contributed by atoms with Crippen LogP contribution in [0.2, 0.25) is 0 Å². The minimum atomic E-state index is -0.295. The Balaban J connectivity index is 2.24. The molecule has 2 aromatic rings. The van der Waals surface area contributed by atoms with Crippen molar-refractivity contribution in [2.45, 2.75) is 25.9 Å². The van der Waals surface area contributed by atoms with E-state index < -0.39 is 0 Å². The molecule has 4 nitrogen and oxygen atoms in total. The molecule has 1 aromatic heterocycles. The molecule has 18 heavy (non-hydrogen) atoms. The Morgan fingerprint density at radius 1 is 1.22 bits per heavy atom. The molecular weight excluding hydrogens is 226 g/mol. The third-order valence-corrected chi connectivity index (χ3v) is 3.00. The fraction of sp³-hybridized carbons (Fsp3) is 0.286. The fourth-order valence-electron chi connectivity index (χ4n) is 1.94. The van der Waals surface area contributed by atoms with Gasteiger partial charge in [-0.3, -0.25) is 9.13 Å². The maximum Gasteiger partial charge on any atom is 0.328 e. The summed E-state index contributed by atoms with van der Waals surface area (Å²) in [4.78, 5) is 11.9. The molecule has 0 aliphatic carbocycles. The van der Waals surface area contributed by atoms with E-state index in [9.17, 15) is 10.1 Å². The monoisotopic (exact) mass is 241 g/mol. The molecule has 2 rings (SSSR count). The molecule has 4 heteroatoms. The van der Waals surface area contributed by atoms with Gasteiger partial charge in [-0.2, -0.15) is 5.26 Å². The van der Waals surface area contributed by atoms with Crippen LogP contribution in [-0.2, 0) is 13.1 Å². The van der Waals surface area contributed by atoms with Crippen LogP contribution in [-0.4, -0.2) is 9.13 Å². The summed E-state index contributed by atoms with van der Waals surface area (Å²) in [5.41, 5.74) is 0.879. The van der Waals surface area contributed by atoms with Crippen molar-refractivity contribution >= 4 is 0 Å². The quantitative estimate of drug-likeness (QED) is 0.821. The van der Waals surface area contributed by atoms with E-state index >= 15 is 0 Å². The molecule has 1 heterocycles. The van der Waals surface area contributed by atoms with Crippen molar-refractivity contribution < 1.29 is 0 Å². The standard InChI is InChI=1S/C14H15N3O/c1-2-16-8-9-17(14(16)18)11-13(10-15)12-6-4-3-5-7-12/h3-9,13H,2,11H2,1H3. The van der Waals surface area contributed by atoms with E-state index in [0.717, 1.165) is 5.56 Å². The van der Waals surface area contributed by atoms with Gasteiger partial charge in [0, 0.05) is 25.5 Å². The average Bonchev–Trinajstić information content (AvgIpc) is 2.77. The van der Waals surface area contributed by atoms with E-state index in [1.807, 2.05) is 37.3 Å². The molecule has 0 radical (unpaired) electrons. The van der Waals surface area contributed by atoms with Crippen LogP contribution in [0.1, 0.15) is 18.4 Å². The summed E-state index contributed by atoms with van der Waals surface area (Å²) in [6.45, 7) is 2.96. The van der Waals surface area contributed by atoms with Gasteiger partial charge < -0.3 is 0 Å². The molecular formula is C14H15N3O. The lowest BCUT2D eigenvalue weighted by molar-refractivity contribution is 0.597. The number of aromatic nitrogens is 2. The first-order chi connectivity index (χ1) is 8.76. The lowest BCUT2D eigenvalue weighted by Crippen LogP contribution is -2.25. The summed E-state index contributed by atoms with van der Waals surface area (Å²) in [6.07, 6.45) is 3.49. The Hall–Kier alpha value is -2.28. The van der Waals surface area contributed by atoms with Gasteiger partial charge in [0.2, 0.25) is 0 Å². The van der Waals surface area contributed by atoms with Crippen molar-refractivity contribution in [2.24, 2.45) is 0 Å². The summed E-state index contributed by atoms with van der Waals surface area (Å²) in [7, 11) is 0. The molecule has 0 aliphatic rings. The first-order valence-corrected chi connectivity index (χ1v) is 5.96. The molecule has 1 atom stereocenters. The van der Waals surface area contributed by atoms with Gasteiger partial charge in [-0.15, -0.1) is 0 Å². The van der Waals surface area contributed by atoms with Crippen LogP contribution in [0.15, 0.2) is 47.5 Å². The van der Waals surface area contributed by atoms with Gasteiger partial charge in [0.25, 0.3) is 0 Å². The summed E-state index contributed by atoms with van der Waals surface area (Å²) < 4.78 is 3.21. The van der Waals surface area contributed by atoms with Crippen molar-refractivity contribution in [2.75, 3.05) is 0 Å². The van der Waals surface area contributed by atoms with E-state index in [4.69, 9.17) is 0 Å². The summed E-state index contributed by atoms with van der Waals surface area (Å²) >= 11 is 0. The third kappa shape index (κ3) is 2.35. The van der Waals surface area contributed by atoms with Crippen molar-refractivity contribution in [1.82, 2.24) is 9.13 Å². The highest BCUT2D eigenvalue weighted by molar-refractivity contribution is 5.24. The second-order valence-electron chi connectivity index (χ2n) is 4.11. The molecule has 0 spiro atoms. The van der Waals surface area contributed by atoms with E-state index in [2.05, 4.69) is 6.07 Å². The molecule has 92 valence electrons. The van der Waals surface area contributed by atoms with Crippen LogP contribution in [0.5, 0.6) is 0 Å². The van der Waals surface area contributed by atoms with E-state index in [1.165, 1.54) is 0 Å². The molecule has 1 unspecified atom stereocenters. The SMILES string of the molecule is CCn1ccn(CC(C#N)c2ccccc2)c1=O. The number of nitriles is 1. The number of aryl methyl sites for hydroxylation is 1. The predicted octanol–water partition coefficient (Wildman–Crippen LogP) is 1.98. The Labute approximate surface area is 106 Å². The number of imidazole rings is 1. The van der Waals surface area contributed by atoms with Gasteiger partial charge in [-0.1, -0.05) is 30.3 Å². The van der Waals surface area contributed by atoms with Crippen LogP contribution in [0, 0.1) is 11.3 Å². The Morgan fingerprint density at radius 2 is 1.89 bits per heavy atom. The van der Waals surface area contributed by atoms with E-state index in [-0.39, 0.29) is 11.6 Å². The lowest BCUT2D eigenvalue weighted by atomic mass is 10.0. The van der Waals surface area contributed by atoms with Gasteiger partial charge in [0.1, 0.15) is 0 Å². The number of hydrogen-bond acceptors (Lipinski definition) is 2. The van der Waals surface area contributed by atoms with Crippen molar-refractivity contribution in [3.63, 3.8) is 0 Å². The number of benzene rings is 1. The topological polar surface area (TPSA) is 50.7 Å². The van der Waals surface area contributed by atoms with Crippen LogP contribution in [0.25, 0.3) is 0 Å². The third-order valence-electron chi connectivity index (χ3n) is 3.00. The molecule has 1 aromatic carbocycles. The Bertz CT molecular complexity index is 604. The first kappa shape index (κ1) is 12.2. The molecule has 0 saturated carbocycles. The van der Waals surface area contributed by atoms with Crippen molar-refractivity contribution in [3.8, 4) is 6.07 Å². The zero-order chi connectivity index (χ0) is 13.0. The highest BCUT2D eigenvalue weighted by Gasteiger charge is 2.12. The summed E-state index contributed by atoms with van der Waals surface area (Å²) in [6, 6.07) is 11.8. The van der Waals surface area contributed by atoms with Crippen LogP contribution in [0.4, 0.5) is 0 Å². The van der Waals surface area contributed by atoms with Gasteiger partial charge in [-0.05, 0) is 12.5 Å². The highest BCUT2D eigenvalue weighted by atomic mass is 16.1. The number of rotatable bonds is 4. The second kappa shape index (κ2) is 5.37. The average molecular weight is 241 g/mol. The second-order valence-corrected chi connectivity index (χ2v) is 4.11. The molecule has 0 N–H and O–H groups in total. The molecule has 0 saturated heterocycles. The maximum atomic E-state index is 11.9. The van der Waals surface area contributed by atoms with Gasteiger partial charge in [0.05, 0.1) is 12.0 Å². The fourth-order valence-corrected chi connectivity index (χ4v) is 1.94. The minimum absolute atomic E-state index is 0.0614. The van der Waals surface area contributed by atoms with Crippen LogP contribution in [0.3, 0.4) is 0 Å². The van der Waals surface area contributed by atoms with Crippen molar-refractivity contribution in [3.05, 3.63) is 58.8 Å². The van der Waals surface area contributed by atoms with Gasteiger partial charge >= 0.3 is 5.69 Å². The van der Waals surface area contributed by atoms with E-state index in [1.54, 1.807) is 21.5 Å². The zero-order valence-corrected chi connectivity index (χ0v) is 10.3. The van der Waals surface area contributed by atoms with E-state index in [0.29, 0.717) is 13.1 Å². The zero-order valence-electron chi connectivity index (χ0n) is 10.3. The number of nitrogens with zero attached hydrogens (tertiary/aromatic N) is 3. The predicted molar refractivity (Wildman–Crippen MR) is 69.2 cm³/mol. The Kier molecular flexibility index (Phi) is 3.63. The number of hydrogen-bond donors (Lipinski definition) is 0. The largest absolute Gasteiger partial charge is 0.328 e. The molecule has 0 bridgehead atoms. The highest BCUT2D eigenvalue weighted by Crippen LogP contribution is 2.15.